The van der Waals surface area contributed by atoms with E-state index in [1.54, 1.807) is 29.5 Å². The van der Waals surface area contributed by atoms with Gasteiger partial charge in [-0.05, 0) is 42.3 Å². The summed E-state index contributed by atoms with van der Waals surface area (Å²) in [5, 5.41) is 2.97. The molecule has 2 N–H and O–H groups in total. The van der Waals surface area contributed by atoms with E-state index < -0.39 is 0 Å². The van der Waals surface area contributed by atoms with Crippen molar-refractivity contribution in [2.45, 2.75) is 13.0 Å². The van der Waals surface area contributed by atoms with Crippen molar-refractivity contribution in [1.82, 2.24) is 9.88 Å². The lowest BCUT2D eigenvalue weighted by molar-refractivity contribution is 0.104. The van der Waals surface area contributed by atoms with Gasteiger partial charge in [-0.15, -0.1) is 22.7 Å². The number of nitrogens with zero attached hydrogens (tertiary/aromatic N) is 2. The van der Waals surface area contributed by atoms with Crippen LogP contribution < -0.4 is 15.2 Å². The molecule has 0 spiro atoms. The molecule has 6 nitrogen and oxygen atoms in total. The molecular weight excluding hydrogens is 430 g/mol. The molecule has 0 fully saturated rings. The molecule has 0 atom stereocenters. The molecule has 4 aromatic rings. The number of nitrogen functional groups attached to an aromatic ring is 1. The molecule has 1 aromatic carbocycles. The maximum atomic E-state index is 13.4. The first-order valence-electron chi connectivity index (χ1n) is 10.0. The number of carbonyl (C=O) groups excluding carboxylic acids is 1. The number of hydrogen-bond donors (Lipinski definition) is 1. The summed E-state index contributed by atoms with van der Waals surface area (Å²) in [6.45, 7) is 1.97. The number of rotatable bonds is 3. The summed E-state index contributed by atoms with van der Waals surface area (Å²) in [5.41, 5.74) is 11.1. The summed E-state index contributed by atoms with van der Waals surface area (Å²) in [6.07, 6.45) is 0.892. The highest BCUT2D eigenvalue weighted by Crippen LogP contribution is 2.45. The van der Waals surface area contributed by atoms with Gasteiger partial charge in [-0.25, -0.2) is 4.98 Å². The lowest BCUT2D eigenvalue weighted by Gasteiger charge is -2.26. The van der Waals surface area contributed by atoms with Crippen LogP contribution in [0.25, 0.3) is 20.7 Å². The second-order valence-electron chi connectivity index (χ2n) is 7.80. The molecule has 0 bridgehead atoms. The number of hydrogen-bond acceptors (Lipinski definition) is 8. The number of carbonyl (C=O) groups is 1. The van der Waals surface area contributed by atoms with Gasteiger partial charge in [0.15, 0.2) is 11.5 Å². The smallest absolute Gasteiger partial charge is 0.231 e. The summed E-state index contributed by atoms with van der Waals surface area (Å²) in [6, 6.07) is 9.41. The highest BCUT2D eigenvalue weighted by Gasteiger charge is 2.28. The standard InChI is InChI=1S/C23H19N3O3S2/c1-26-7-6-14-13(10-26)18(17-3-2-8-30-17)19-20(24)22(31-23(19)25-14)21(27)12-4-5-15-16(9-12)29-11-28-15/h2-5,8-9H,6-7,10-11,24H2,1H3. The van der Waals surface area contributed by atoms with Gasteiger partial charge in [0.2, 0.25) is 12.6 Å². The Morgan fingerprint density at radius 1 is 1.23 bits per heavy atom. The molecule has 0 saturated carbocycles. The van der Waals surface area contributed by atoms with E-state index in [1.807, 2.05) is 6.07 Å². The van der Waals surface area contributed by atoms with Crippen LogP contribution in [0.1, 0.15) is 26.5 Å². The zero-order valence-corrected chi connectivity index (χ0v) is 18.4. The van der Waals surface area contributed by atoms with E-state index in [4.69, 9.17) is 20.2 Å². The zero-order chi connectivity index (χ0) is 21.1. The number of anilines is 1. The fourth-order valence-electron chi connectivity index (χ4n) is 4.29. The molecule has 0 aliphatic carbocycles. The third-order valence-electron chi connectivity index (χ3n) is 5.83. The van der Waals surface area contributed by atoms with Crippen molar-refractivity contribution in [3.05, 3.63) is 57.4 Å². The Bertz CT molecular complexity index is 1340. The summed E-state index contributed by atoms with van der Waals surface area (Å²) in [7, 11) is 2.12. The van der Waals surface area contributed by atoms with E-state index in [-0.39, 0.29) is 12.6 Å². The number of likely N-dealkylation sites (N-methyl/N-ethyl adjacent to an activating group) is 1. The molecule has 0 saturated heterocycles. The van der Waals surface area contributed by atoms with Crippen LogP contribution in [0.15, 0.2) is 35.7 Å². The first kappa shape index (κ1) is 18.8. The predicted molar refractivity (Wildman–Crippen MR) is 123 cm³/mol. The first-order chi connectivity index (χ1) is 15.1. The Balaban J connectivity index is 1.55. The number of ketones is 1. The molecule has 31 heavy (non-hydrogen) atoms. The van der Waals surface area contributed by atoms with Crippen LogP contribution in [0, 0.1) is 0 Å². The van der Waals surface area contributed by atoms with E-state index in [0.717, 1.165) is 45.9 Å². The average molecular weight is 450 g/mol. The fourth-order valence-corrected chi connectivity index (χ4v) is 6.18. The third kappa shape index (κ3) is 2.94. The lowest BCUT2D eigenvalue weighted by Crippen LogP contribution is -2.27. The van der Waals surface area contributed by atoms with Crippen molar-refractivity contribution >= 4 is 44.4 Å². The Morgan fingerprint density at radius 3 is 2.94 bits per heavy atom. The quantitative estimate of drug-likeness (QED) is 0.462. The SMILES string of the molecule is CN1CCc2nc3sc(C(=O)c4ccc5c(c4)OCO5)c(N)c3c(-c3cccs3)c2C1. The van der Waals surface area contributed by atoms with Gasteiger partial charge in [0.1, 0.15) is 9.71 Å². The molecule has 5 heterocycles. The summed E-state index contributed by atoms with van der Waals surface area (Å²) in [5.74, 6) is 1.12. The number of benzene rings is 1. The van der Waals surface area contributed by atoms with E-state index in [0.29, 0.717) is 27.6 Å². The number of pyridine rings is 1. The van der Waals surface area contributed by atoms with Gasteiger partial charge in [0.25, 0.3) is 0 Å². The Labute approximate surface area is 186 Å². The molecular formula is C23H19N3O3S2. The van der Waals surface area contributed by atoms with Crippen LogP contribution >= 0.6 is 22.7 Å². The van der Waals surface area contributed by atoms with Gasteiger partial charge in [-0.2, -0.15) is 0 Å². The first-order valence-corrected chi connectivity index (χ1v) is 11.7. The van der Waals surface area contributed by atoms with Crippen molar-refractivity contribution in [3.63, 3.8) is 0 Å². The summed E-state index contributed by atoms with van der Waals surface area (Å²) in [4.78, 5) is 23.2. The second kappa shape index (κ2) is 7.05. The summed E-state index contributed by atoms with van der Waals surface area (Å²) >= 11 is 3.07. The van der Waals surface area contributed by atoms with Crippen LogP contribution in [-0.2, 0) is 13.0 Å². The van der Waals surface area contributed by atoms with Crippen LogP contribution in [0.4, 0.5) is 5.69 Å². The van der Waals surface area contributed by atoms with Crippen molar-refractivity contribution in [2.75, 3.05) is 26.1 Å². The van der Waals surface area contributed by atoms with E-state index in [9.17, 15) is 4.79 Å². The van der Waals surface area contributed by atoms with Gasteiger partial charge in [0.05, 0.1) is 5.69 Å². The minimum Gasteiger partial charge on any atom is -0.454 e. The van der Waals surface area contributed by atoms with Crippen LogP contribution in [0.3, 0.4) is 0 Å². The number of aromatic nitrogens is 1. The lowest BCUT2D eigenvalue weighted by atomic mass is 9.95. The van der Waals surface area contributed by atoms with Crippen LogP contribution in [0.2, 0.25) is 0 Å². The summed E-state index contributed by atoms with van der Waals surface area (Å²) < 4.78 is 10.8. The molecule has 0 unspecified atom stereocenters. The molecule has 0 amide bonds. The van der Waals surface area contributed by atoms with Crippen molar-refractivity contribution < 1.29 is 14.3 Å². The van der Waals surface area contributed by atoms with E-state index in [1.165, 1.54) is 16.9 Å². The molecule has 8 heteroatoms. The van der Waals surface area contributed by atoms with Gasteiger partial charge in [-0.1, -0.05) is 6.07 Å². The monoisotopic (exact) mass is 449 g/mol. The van der Waals surface area contributed by atoms with E-state index >= 15 is 0 Å². The molecule has 2 aliphatic heterocycles. The largest absolute Gasteiger partial charge is 0.454 e. The van der Waals surface area contributed by atoms with Gasteiger partial charge >= 0.3 is 0 Å². The van der Waals surface area contributed by atoms with Crippen molar-refractivity contribution in [3.8, 4) is 21.9 Å². The maximum Gasteiger partial charge on any atom is 0.231 e. The normalized spacial score (nSPS) is 15.4. The Morgan fingerprint density at radius 2 is 2.10 bits per heavy atom. The number of ether oxygens (including phenoxy) is 2. The molecule has 156 valence electrons. The minimum atomic E-state index is -0.119. The molecule has 0 radical (unpaired) electrons. The average Bonchev–Trinajstić information content (AvgIpc) is 3.52. The maximum absolute atomic E-state index is 13.4. The Kier molecular flexibility index (Phi) is 4.27. The van der Waals surface area contributed by atoms with Crippen molar-refractivity contribution in [1.29, 1.82) is 0 Å². The highest BCUT2D eigenvalue weighted by atomic mass is 32.1. The van der Waals surface area contributed by atoms with E-state index in [2.05, 4.69) is 23.4 Å². The number of fused-ring (bicyclic) bond motifs is 3. The minimum absolute atomic E-state index is 0.119. The topological polar surface area (TPSA) is 77.7 Å². The van der Waals surface area contributed by atoms with Crippen LogP contribution in [-0.4, -0.2) is 36.1 Å². The number of nitrogens with two attached hydrogens (primary N) is 1. The predicted octanol–water partition coefficient (Wildman–Crippen LogP) is 4.55. The Hall–Kier alpha value is -2.94. The highest BCUT2D eigenvalue weighted by molar-refractivity contribution is 7.21. The molecule has 3 aromatic heterocycles. The molecule has 6 rings (SSSR count). The zero-order valence-electron chi connectivity index (χ0n) is 16.8. The van der Waals surface area contributed by atoms with Crippen LogP contribution in [0.5, 0.6) is 11.5 Å². The fraction of sp³-hybridized carbons (Fsp3) is 0.217. The van der Waals surface area contributed by atoms with Crippen molar-refractivity contribution in [2.24, 2.45) is 0 Å². The third-order valence-corrected chi connectivity index (χ3v) is 7.82. The van der Waals surface area contributed by atoms with Gasteiger partial charge < -0.3 is 20.1 Å². The second-order valence-corrected chi connectivity index (χ2v) is 9.75. The van der Waals surface area contributed by atoms with Gasteiger partial charge in [-0.3, -0.25) is 4.79 Å². The van der Waals surface area contributed by atoms with Gasteiger partial charge in [0, 0.05) is 46.6 Å². The number of thiophene rings is 2. The molecule has 2 aliphatic rings.